The lowest BCUT2D eigenvalue weighted by atomic mass is 9.92. The van der Waals surface area contributed by atoms with E-state index in [0.717, 1.165) is 27.1 Å². The van der Waals surface area contributed by atoms with Gasteiger partial charge in [-0.3, -0.25) is 0 Å². The molecule has 0 saturated heterocycles. The van der Waals surface area contributed by atoms with Gasteiger partial charge in [-0.1, -0.05) is 24.3 Å². The van der Waals surface area contributed by atoms with Crippen LogP contribution in [0.5, 0.6) is 0 Å². The smallest absolute Gasteiger partial charge is 0.175 e. The first kappa shape index (κ1) is 18.8. The summed E-state index contributed by atoms with van der Waals surface area (Å²) in [5, 5.41) is 12.5. The second kappa shape index (κ2) is 6.61. The number of rotatable bonds is 4. The van der Waals surface area contributed by atoms with Crippen molar-refractivity contribution in [3.05, 3.63) is 64.6 Å². The van der Waals surface area contributed by atoms with Crippen LogP contribution in [0.4, 0.5) is 4.39 Å². The Morgan fingerprint density at radius 2 is 1.50 bits per heavy atom. The van der Waals surface area contributed by atoms with Crippen molar-refractivity contribution in [1.82, 2.24) is 0 Å². The van der Waals surface area contributed by atoms with Gasteiger partial charge in [0.05, 0.1) is 10.5 Å². The summed E-state index contributed by atoms with van der Waals surface area (Å²) in [5.74, 6) is -0.326. The molecule has 3 nitrogen and oxygen atoms in total. The van der Waals surface area contributed by atoms with Crippen molar-refractivity contribution in [2.24, 2.45) is 0 Å². The highest BCUT2D eigenvalue weighted by Gasteiger charge is 2.26. The number of hydrogen-bond donors (Lipinski definition) is 1. The molecule has 3 rings (SSSR count). The van der Waals surface area contributed by atoms with E-state index in [4.69, 9.17) is 0 Å². The summed E-state index contributed by atoms with van der Waals surface area (Å²) in [6.45, 7) is 3.42. The molecule has 0 aliphatic rings. The molecule has 1 aromatic heterocycles. The highest BCUT2D eigenvalue weighted by Crippen LogP contribution is 2.44. The standard InChI is InChI=1S/C20H19FO3S2/c1-20(2,22)19-18(14-4-8-15(21)9-5-14)17(12-25-19)13-6-10-16(11-7-13)26(3,23)24/h4-12,22H,1-3H3. The summed E-state index contributed by atoms with van der Waals surface area (Å²) in [4.78, 5) is 1.02. The van der Waals surface area contributed by atoms with E-state index in [1.165, 1.54) is 29.7 Å². The van der Waals surface area contributed by atoms with Gasteiger partial charge in [-0.2, -0.15) is 0 Å². The van der Waals surface area contributed by atoms with Crippen molar-refractivity contribution < 1.29 is 17.9 Å². The molecule has 0 aliphatic heterocycles. The van der Waals surface area contributed by atoms with Crippen LogP contribution in [0.3, 0.4) is 0 Å². The summed E-state index contributed by atoms with van der Waals surface area (Å²) in [6, 6.07) is 12.8. The number of halogens is 1. The Hall–Kier alpha value is -2.02. The normalized spacial score (nSPS) is 12.3. The first-order chi connectivity index (χ1) is 12.1. The van der Waals surface area contributed by atoms with Gasteiger partial charge in [0.15, 0.2) is 9.84 Å². The Bertz CT molecular complexity index is 1030. The SMILES string of the molecule is CC(C)(O)c1scc(-c2ccc(S(C)(=O)=O)cc2)c1-c1ccc(F)cc1. The third kappa shape index (κ3) is 3.72. The number of aliphatic hydroxyl groups is 1. The van der Waals surface area contributed by atoms with Crippen LogP contribution in [0.1, 0.15) is 18.7 Å². The molecule has 0 aliphatic carbocycles. The van der Waals surface area contributed by atoms with Gasteiger partial charge < -0.3 is 5.11 Å². The van der Waals surface area contributed by atoms with E-state index in [1.54, 1.807) is 50.2 Å². The van der Waals surface area contributed by atoms with Crippen LogP contribution in [-0.2, 0) is 15.4 Å². The van der Waals surface area contributed by atoms with Crippen molar-refractivity contribution >= 4 is 21.2 Å². The van der Waals surface area contributed by atoms with Crippen LogP contribution in [0.25, 0.3) is 22.3 Å². The Kier molecular flexibility index (Phi) is 4.77. The minimum absolute atomic E-state index is 0.252. The molecule has 3 aromatic rings. The van der Waals surface area contributed by atoms with E-state index < -0.39 is 15.4 Å². The highest BCUT2D eigenvalue weighted by molar-refractivity contribution is 7.90. The fraction of sp³-hybridized carbons (Fsp3) is 0.200. The first-order valence-corrected chi connectivity index (χ1v) is 10.8. The van der Waals surface area contributed by atoms with Crippen molar-refractivity contribution in [3.8, 4) is 22.3 Å². The molecule has 0 unspecified atom stereocenters. The van der Waals surface area contributed by atoms with E-state index in [9.17, 15) is 17.9 Å². The summed E-state index contributed by atoms with van der Waals surface area (Å²) in [6.07, 6.45) is 1.17. The second-order valence-corrected chi connectivity index (χ2v) is 9.61. The molecule has 1 N–H and O–H groups in total. The number of thiophene rings is 1. The van der Waals surface area contributed by atoms with Crippen molar-refractivity contribution in [1.29, 1.82) is 0 Å². The zero-order valence-electron chi connectivity index (χ0n) is 14.7. The fourth-order valence-electron chi connectivity index (χ4n) is 2.81. The molecule has 0 saturated carbocycles. The molecule has 6 heteroatoms. The maximum absolute atomic E-state index is 13.3. The van der Waals surface area contributed by atoms with Gasteiger partial charge in [0.2, 0.25) is 0 Å². The first-order valence-electron chi connectivity index (χ1n) is 7.98. The highest BCUT2D eigenvalue weighted by atomic mass is 32.2. The monoisotopic (exact) mass is 390 g/mol. The minimum Gasteiger partial charge on any atom is -0.385 e. The number of hydrogen-bond acceptors (Lipinski definition) is 4. The van der Waals surface area contributed by atoms with Crippen LogP contribution in [0.2, 0.25) is 0 Å². The average Bonchev–Trinajstić information content (AvgIpc) is 3.00. The lowest BCUT2D eigenvalue weighted by Gasteiger charge is -2.19. The van der Waals surface area contributed by atoms with Crippen LogP contribution in [0, 0.1) is 5.82 Å². The predicted molar refractivity (Wildman–Crippen MR) is 104 cm³/mol. The molecular formula is C20H19FO3S2. The quantitative estimate of drug-likeness (QED) is 0.693. The topological polar surface area (TPSA) is 54.4 Å². The van der Waals surface area contributed by atoms with E-state index in [-0.39, 0.29) is 10.7 Å². The third-order valence-corrected chi connectivity index (χ3v) is 6.49. The van der Waals surface area contributed by atoms with Gasteiger partial charge in [-0.05, 0) is 54.6 Å². The summed E-state index contributed by atoms with van der Waals surface area (Å²) >= 11 is 1.42. The summed E-state index contributed by atoms with van der Waals surface area (Å²) in [7, 11) is -3.27. The number of benzene rings is 2. The van der Waals surface area contributed by atoms with Gasteiger partial charge in [-0.15, -0.1) is 11.3 Å². The van der Waals surface area contributed by atoms with Gasteiger partial charge >= 0.3 is 0 Å². The Balaban J connectivity index is 2.19. The summed E-state index contributed by atoms with van der Waals surface area (Å²) in [5.41, 5.74) is 2.28. The lowest BCUT2D eigenvalue weighted by molar-refractivity contribution is 0.0831. The largest absolute Gasteiger partial charge is 0.385 e. The van der Waals surface area contributed by atoms with E-state index in [0.29, 0.717) is 0 Å². The maximum Gasteiger partial charge on any atom is 0.175 e. The van der Waals surface area contributed by atoms with Gasteiger partial charge in [-0.25, -0.2) is 12.8 Å². The van der Waals surface area contributed by atoms with Crippen LogP contribution in [-0.4, -0.2) is 19.8 Å². The van der Waals surface area contributed by atoms with Crippen LogP contribution >= 0.6 is 11.3 Å². The molecule has 0 bridgehead atoms. The van der Waals surface area contributed by atoms with Crippen LogP contribution in [0.15, 0.2) is 58.8 Å². The van der Waals surface area contributed by atoms with E-state index in [2.05, 4.69) is 0 Å². The van der Waals surface area contributed by atoms with Crippen LogP contribution < -0.4 is 0 Å². The fourth-order valence-corrected chi connectivity index (χ4v) is 4.56. The molecule has 0 amide bonds. The number of sulfone groups is 1. The van der Waals surface area contributed by atoms with Crippen molar-refractivity contribution in [2.45, 2.75) is 24.3 Å². The molecule has 26 heavy (non-hydrogen) atoms. The zero-order chi connectivity index (χ0) is 19.1. The Morgan fingerprint density at radius 1 is 0.962 bits per heavy atom. The van der Waals surface area contributed by atoms with E-state index >= 15 is 0 Å². The minimum atomic E-state index is -3.27. The predicted octanol–water partition coefficient (Wildman–Crippen LogP) is 4.85. The van der Waals surface area contributed by atoms with Crippen molar-refractivity contribution in [2.75, 3.05) is 6.26 Å². The Labute approximate surface area is 156 Å². The summed E-state index contributed by atoms with van der Waals surface area (Å²) < 4.78 is 36.7. The second-order valence-electron chi connectivity index (χ2n) is 6.72. The van der Waals surface area contributed by atoms with E-state index in [1.807, 2.05) is 5.38 Å². The van der Waals surface area contributed by atoms with Gasteiger partial charge in [0, 0.05) is 22.3 Å². The Morgan fingerprint density at radius 3 is 2.00 bits per heavy atom. The third-order valence-electron chi connectivity index (χ3n) is 4.07. The van der Waals surface area contributed by atoms with Gasteiger partial charge in [0.1, 0.15) is 5.82 Å². The lowest BCUT2D eigenvalue weighted by Crippen LogP contribution is -2.14. The molecule has 1 heterocycles. The average molecular weight is 391 g/mol. The molecule has 0 fully saturated rings. The molecule has 136 valence electrons. The van der Waals surface area contributed by atoms with Crippen molar-refractivity contribution in [3.63, 3.8) is 0 Å². The molecule has 0 atom stereocenters. The molecule has 2 aromatic carbocycles. The molecular weight excluding hydrogens is 371 g/mol. The molecule has 0 spiro atoms. The maximum atomic E-state index is 13.3. The van der Waals surface area contributed by atoms with Gasteiger partial charge in [0.25, 0.3) is 0 Å². The molecule has 0 radical (unpaired) electrons. The zero-order valence-corrected chi connectivity index (χ0v) is 16.3.